The standard InChI is InChI=1S/C11H15N3OS/c1-7(15)6-16-11-13-12-10(8-2-3-8)14(11)9-4-5-9/h8-9H,2-6H2,1H3. The molecular formula is C11H15N3OS. The molecule has 0 N–H and O–H groups in total. The van der Waals surface area contributed by atoms with E-state index < -0.39 is 0 Å². The lowest BCUT2D eigenvalue weighted by molar-refractivity contribution is -0.114. The third kappa shape index (κ3) is 2.00. The van der Waals surface area contributed by atoms with Gasteiger partial charge in [-0.2, -0.15) is 0 Å². The van der Waals surface area contributed by atoms with Crippen LogP contribution in [0, 0.1) is 0 Å². The number of thioether (sulfide) groups is 1. The highest BCUT2D eigenvalue weighted by Crippen LogP contribution is 2.45. The van der Waals surface area contributed by atoms with E-state index in [1.807, 2.05) is 0 Å². The summed E-state index contributed by atoms with van der Waals surface area (Å²) >= 11 is 1.53. The highest BCUT2D eigenvalue weighted by Gasteiger charge is 2.36. The van der Waals surface area contributed by atoms with Crippen LogP contribution in [0.15, 0.2) is 5.16 Å². The van der Waals surface area contributed by atoms with Crippen molar-refractivity contribution in [2.45, 2.75) is 49.7 Å². The third-order valence-electron chi connectivity index (χ3n) is 2.95. The molecule has 3 rings (SSSR count). The van der Waals surface area contributed by atoms with E-state index in [9.17, 15) is 4.79 Å². The molecule has 86 valence electrons. The molecule has 2 fully saturated rings. The summed E-state index contributed by atoms with van der Waals surface area (Å²) < 4.78 is 2.28. The molecule has 2 aliphatic carbocycles. The van der Waals surface area contributed by atoms with Crippen molar-refractivity contribution < 1.29 is 4.79 Å². The molecule has 0 bridgehead atoms. The van der Waals surface area contributed by atoms with Crippen molar-refractivity contribution in [2.75, 3.05) is 5.75 Å². The summed E-state index contributed by atoms with van der Waals surface area (Å²) in [5.41, 5.74) is 0. The Balaban J connectivity index is 1.82. The van der Waals surface area contributed by atoms with E-state index in [0.717, 1.165) is 11.0 Å². The van der Waals surface area contributed by atoms with Crippen LogP contribution in [0.5, 0.6) is 0 Å². The first-order chi connectivity index (χ1) is 7.75. The zero-order chi connectivity index (χ0) is 11.1. The van der Waals surface area contributed by atoms with Gasteiger partial charge < -0.3 is 4.57 Å². The molecule has 0 aliphatic heterocycles. The van der Waals surface area contributed by atoms with Crippen molar-refractivity contribution in [1.82, 2.24) is 14.8 Å². The molecule has 0 spiro atoms. The molecule has 2 aliphatic rings. The van der Waals surface area contributed by atoms with E-state index in [2.05, 4.69) is 14.8 Å². The molecule has 5 heteroatoms. The van der Waals surface area contributed by atoms with Gasteiger partial charge >= 0.3 is 0 Å². The minimum absolute atomic E-state index is 0.198. The van der Waals surface area contributed by atoms with E-state index in [4.69, 9.17) is 0 Å². The van der Waals surface area contributed by atoms with Gasteiger partial charge in [-0.25, -0.2) is 0 Å². The van der Waals surface area contributed by atoms with E-state index in [-0.39, 0.29) is 5.78 Å². The number of hydrogen-bond donors (Lipinski definition) is 0. The molecule has 4 nitrogen and oxygen atoms in total. The van der Waals surface area contributed by atoms with Gasteiger partial charge in [-0.1, -0.05) is 11.8 Å². The summed E-state index contributed by atoms with van der Waals surface area (Å²) in [4.78, 5) is 11.0. The number of rotatable bonds is 5. The zero-order valence-corrected chi connectivity index (χ0v) is 10.2. The van der Waals surface area contributed by atoms with Gasteiger partial charge in [0.05, 0.1) is 5.75 Å². The average Bonchev–Trinajstić information content (AvgIpc) is 3.13. The van der Waals surface area contributed by atoms with Crippen LogP contribution < -0.4 is 0 Å². The maximum Gasteiger partial charge on any atom is 0.191 e. The number of ketones is 1. The first kappa shape index (κ1) is 10.3. The lowest BCUT2D eigenvalue weighted by Crippen LogP contribution is -2.03. The van der Waals surface area contributed by atoms with E-state index in [0.29, 0.717) is 17.7 Å². The predicted molar refractivity (Wildman–Crippen MR) is 61.7 cm³/mol. The topological polar surface area (TPSA) is 47.8 Å². The Morgan fingerprint density at radius 2 is 2.12 bits per heavy atom. The molecule has 0 amide bonds. The zero-order valence-electron chi connectivity index (χ0n) is 9.35. The molecular weight excluding hydrogens is 222 g/mol. The van der Waals surface area contributed by atoms with Crippen molar-refractivity contribution in [3.05, 3.63) is 5.82 Å². The summed E-state index contributed by atoms with van der Waals surface area (Å²) in [6, 6.07) is 0.611. The number of nitrogens with zero attached hydrogens (tertiary/aromatic N) is 3. The number of carbonyl (C=O) groups excluding carboxylic acids is 1. The fourth-order valence-corrected chi connectivity index (χ4v) is 2.66. The van der Waals surface area contributed by atoms with Crippen molar-refractivity contribution in [1.29, 1.82) is 0 Å². The molecule has 0 aromatic carbocycles. The fourth-order valence-electron chi connectivity index (χ4n) is 1.85. The van der Waals surface area contributed by atoms with Crippen LogP contribution in [0.3, 0.4) is 0 Å². The number of hydrogen-bond acceptors (Lipinski definition) is 4. The summed E-state index contributed by atoms with van der Waals surface area (Å²) in [6.45, 7) is 1.62. The Hall–Kier alpha value is -0.840. The number of aromatic nitrogens is 3. The normalized spacial score (nSPS) is 20.1. The van der Waals surface area contributed by atoms with Crippen LogP contribution in [0.2, 0.25) is 0 Å². The highest BCUT2D eigenvalue weighted by atomic mass is 32.2. The lowest BCUT2D eigenvalue weighted by atomic mass is 10.4. The smallest absolute Gasteiger partial charge is 0.191 e. The first-order valence-electron chi connectivity index (χ1n) is 5.82. The Bertz CT molecular complexity index is 421. The molecule has 1 aromatic heterocycles. The van der Waals surface area contributed by atoms with Crippen molar-refractivity contribution in [3.8, 4) is 0 Å². The number of carbonyl (C=O) groups is 1. The molecule has 0 unspecified atom stereocenters. The second kappa shape index (κ2) is 3.87. The van der Waals surface area contributed by atoms with Crippen LogP contribution in [0.4, 0.5) is 0 Å². The lowest BCUT2D eigenvalue weighted by Gasteiger charge is -2.06. The maximum absolute atomic E-state index is 11.0. The van der Waals surface area contributed by atoms with Crippen LogP contribution in [0.25, 0.3) is 0 Å². The Labute approximate surface area is 98.8 Å². The minimum Gasteiger partial charge on any atom is -0.303 e. The van der Waals surface area contributed by atoms with Gasteiger partial charge in [0.1, 0.15) is 11.6 Å². The average molecular weight is 237 g/mol. The van der Waals surface area contributed by atoms with Crippen molar-refractivity contribution in [2.24, 2.45) is 0 Å². The molecule has 16 heavy (non-hydrogen) atoms. The van der Waals surface area contributed by atoms with Crippen molar-refractivity contribution in [3.63, 3.8) is 0 Å². The Morgan fingerprint density at radius 3 is 2.69 bits per heavy atom. The fraction of sp³-hybridized carbons (Fsp3) is 0.727. The predicted octanol–water partition coefficient (Wildman–Crippen LogP) is 2.17. The first-order valence-corrected chi connectivity index (χ1v) is 6.81. The molecule has 1 aromatic rings. The molecule has 2 saturated carbocycles. The van der Waals surface area contributed by atoms with Crippen LogP contribution in [-0.4, -0.2) is 26.3 Å². The number of Topliss-reactive ketones (excluding diaryl/α,β-unsaturated/α-hetero) is 1. The van der Waals surface area contributed by atoms with Crippen LogP contribution in [-0.2, 0) is 4.79 Å². The van der Waals surface area contributed by atoms with Gasteiger partial charge in [-0.3, -0.25) is 4.79 Å². The van der Waals surface area contributed by atoms with E-state index >= 15 is 0 Å². The molecule has 1 heterocycles. The quantitative estimate of drug-likeness (QED) is 0.736. The van der Waals surface area contributed by atoms with Crippen LogP contribution >= 0.6 is 11.8 Å². The summed E-state index contributed by atoms with van der Waals surface area (Å²) in [6.07, 6.45) is 4.99. The van der Waals surface area contributed by atoms with Crippen molar-refractivity contribution >= 4 is 17.5 Å². The second-order valence-electron chi connectivity index (χ2n) is 4.71. The van der Waals surface area contributed by atoms with E-state index in [1.165, 1.54) is 37.4 Å². The monoisotopic (exact) mass is 237 g/mol. The highest BCUT2D eigenvalue weighted by molar-refractivity contribution is 7.99. The van der Waals surface area contributed by atoms with E-state index in [1.54, 1.807) is 6.92 Å². The summed E-state index contributed by atoms with van der Waals surface area (Å²) in [5, 5.41) is 9.48. The SMILES string of the molecule is CC(=O)CSc1nnc(C2CC2)n1C1CC1. The van der Waals surface area contributed by atoms with Gasteiger partial charge in [0.2, 0.25) is 0 Å². The van der Waals surface area contributed by atoms with Crippen LogP contribution in [0.1, 0.15) is 50.4 Å². The summed E-state index contributed by atoms with van der Waals surface area (Å²) in [7, 11) is 0. The van der Waals surface area contributed by atoms with Gasteiger partial charge in [0.15, 0.2) is 5.16 Å². The third-order valence-corrected chi connectivity index (χ3v) is 4.04. The molecule has 0 atom stereocenters. The second-order valence-corrected chi connectivity index (χ2v) is 5.65. The minimum atomic E-state index is 0.198. The molecule has 0 saturated heterocycles. The van der Waals surface area contributed by atoms with Gasteiger partial charge in [-0.15, -0.1) is 10.2 Å². The van der Waals surface area contributed by atoms with Gasteiger partial charge in [-0.05, 0) is 32.6 Å². The van der Waals surface area contributed by atoms with Gasteiger partial charge in [0.25, 0.3) is 0 Å². The molecule has 0 radical (unpaired) electrons. The Kier molecular flexibility index (Phi) is 2.50. The maximum atomic E-state index is 11.0. The Morgan fingerprint density at radius 1 is 1.38 bits per heavy atom. The van der Waals surface area contributed by atoms with Gasteiger partial charge in [0, 0.05) is 12.0 Å². The largest absolute Gasteiger partial charge is 0.303 e. The summed E-state index contributed by atoms with van der Waals surface area (Å²) in [5.74, 6) is 2.51.